The summed E-state index contributed by atoms with van der Waals surface area (Å²) in [5.41, 5.74) is 2.54. The lowest BCUT2D eigenvalue weighted by Crippen LogP contribution is -2.33. The van der Waals surface area contributed by atoms with Crippen LogP contribution in [-0.4, -0.2) is 6.17 Å². The second kappa shape index (κ2) is 3.76. The number of hydrogen-bond donors (Lipinski definition) is 2. The highest BCUT2D eigenvalue weighted by Crippen LogP contribution is 2.35. The van der Waals surface area contributed by atoms with E-state index in [2.05, 4.69) is 34.9 Å². The molecule has 0 bridgehead atoms. The van der Waals surface area contributed by atoms with Crippen LogP contribution in [0, 0.1) is 5.92 Å². The fraction of sp³-hybridized carbons (Fsp3) is 0.538. The van der Waals surface area contributed by atoms with Crippen molar-refractivity contribution >= 4 is 11.4 Å². The maximum absolute atomic E-state index is 3.59. The van der Waals surface area contributed by atoms with Crippen LogP contribution in [0.25, 0.3) is 0 Å². The molecular formula is C13H18N2. The summed E-state index contributed by atoms with van der Waals surface area (Å²) in [5.74, 6) is 0.811. The highest BCUT2D eigenvalue weighted by atomic mass is 15.2. The Bertz CT molecular complexity index is 317. The summed E-state index contributed by atoms with van der Waals surface area (Å²) < 4.78 is 0. The molecule has 2 nitrogen and oxygen atoms in total. The summed E-state index contributed by atoms with van der Waals surface area (Å²) in [7, 11) is 0. The Kier molecular flexibility index (Phi) is 2.28. The molecule has 2 aliphatic rings. The van der Waals surface area contributed by atoms with E-state index in [9.17, 15) is 0 Å². The Morgan fingerprint density at radius 2 is 1.47 bits per heavy atom. The monoisotopic (exact) mass is 202 g/mol. The van der Waals surface area contributed by atoms with Crippen molar-refractivity contribution in [3.63, 3.8) is 0 Å². The van der Waals surface area contributed by atoms with Crippen molar-refractivity contribution in [1.82, 2.24) is 0 Å². The zero-order valence-corrected chi connectivity index (χ0v) is 9.00. The maximum Gasteiger partial charge on any atom is 0.0993 e. The molecule has 0 radical (unpaired) electrons. The molecule has 2 N–H and O–H groups in total. The minimum absolute atomic E-state index is 0.475. The van der Waals surface area contributed by atoms with Gasteiger partial charge in [-0.15, -0.1) is 0 Å². The molecule has 0 unspecified atom stereocenters. The van der Waals surface area contributed by atoms with Crippen molar-refractivity contribution < 1.29 is 0 Å². The lowest BCUT2D eigenvalue weighted by molar-refractivity contribution is 0.336. The Balaban J connectivity index is 1.72. The number of anilines is 2. The molecule has 80 valence electrons. The molecule has 3 rings (SSSR count). The van der Waals surface area contributed by atoms with E-state index in [1.54, 1.807) is 0 Å². The van der Waals surface area contributed by atoms with E-state index in [1.807, 2.05) is 0 Å². The van der Waals surface area contributed by atoms with E-state index >= 15 is 0 Å². The van der Waals surface area contributed by atoms with Crippen LogP contribution in [0.2, 0.25) is 0 Å². The van der Waals surface area contributed by atoms with E-state index in [1.165, 1.54) is 43.5 Å². The van der Waals surface area contributed by atoms with Crippen LogP contribution >= 0.6 is 0 Å². The molecule has 15 heavy (non-hydrogen) atoms. The lowest BCUT2D eigenvalue weighted by Gasteiger charge is -2.27. The fourth-order valence-corrected chi connectivity index (χ4v) is 2.81. The summed E-state index contributed by atoms with van der Waals surface area (Å²) in [5, 5.41) is 7.19. The molecular weight excluding hydrogens is 184 g/mol. The zero-order chi connectivity index (χ0) is 10.1. The third-order valence-corrected chi connectivity index (χ3v) is 3.67. The van der Waals surface area contributed by atoms with Gasteiger partial charge >= 0.3 is 0 Å². The minimum atomic E-state index is 0.475. The van der Waals surface area contributed by atoms with Gasteiger partial charge in [-0.2, -0.15) is 0 Å². The van der Waals surface area contributed by atoms with Gasteiger partial charge in [0.05, 0.1) is 17.5 Å². The molecule has 1 fully saturated rings. The second-order valence-electron chi connectivity index (χ2n) is 4.71. The Hall–Kier alpha value is -1.18. The zero-order valence-electron chi connectivity index (χ0n) is 9.00. The Morgan fingerprint density at radius 1 is 0.867 bits per heavy atom. The summed E-state index contributed by atoms with van der Waals surface area (Å²) in [6, 6.07) is 8.50. The first kappa shape index (κ1) is 9.08. The largest absolute Gasteiger partial charge is 0.363 e. The van der Waals surface area contributed by atoms with Crippen molar-refractivity contribution in [2.45, 2.75) is 38.3 Å². The minimum Gasteiger partial charge on any atom is -0.363 e. The number of fused-ring (bicyclic) bond motifs is 1. The van der Waals surface area contributed by atoms with Crippen LogP contribution in [0.1, 0.15) is 32.1 Å². The third kappa shape index (κ3) is 1.69. The van der Waals surface area contributed by atoms with Gasteiger partial charge in [-0.25, -0.2) is 0 Å². The molecule has 0 spiro atoms. The number of benzene rings is 1. The van der Waals surface area contributed by atoms with Crippen molar-refractivity contribution in [2.75, 3.05) is 10.6 Å². The number of nitrogens with one attached hydrogen (secondary N) is 2. The first-order valence-corrected chi connectivity index (χ1v) is 6.05. The van der Waals surface area contributed by atoms with Crippen molar-refractivity contribution in [3.8, 4) is 0 Å². The molecule has 0 atom stereocenters. The molecule has 1 aliphatic heterocycles. The van der Waals surface area contributed by atoms with Crippen LogP contribution in [-0.2, 0) is 0 Å². The molecule has 1 saturated carbocycles. The fourth-order valence-electron chi connectivity index (χ4n) is 2.81. The third-order valence-electron chi connectivity index (χ3n) is 3.67. The van der Waals surface area contributed by atoms with Gasteiger partial charge in [0, 0.05) is 0 Å². The van der Waals surface area contributed by atoms with Crippen molar-refractivity contribution in [1.29, 1.82) is 0 Å². The predicted octanol–water partition coefficient (Wildman–Crippen LogP) is 3.43. The SMILES string of the molecule is c1ccc2c(c1)NC(C1CCCCC1)N2. The van der Waals surface area contributed by atoms with Gasteiger partial charge < -0.3 is 10.6 Å². The number of hydrogen-bond acceptors (Lipinski definition) is 2. The van der Waals surface area contributed by atoms with Crippen LogP contribution in [0.5, 0.6) is 0 Å². The molecule has 1 heterocycles. The standard InChI is InChI=1S/C13H18N2/c1-2-6-10(7-3-1)13-14-11-8-4-5-9-12(11)15-13/h4-5,8-10,13-15H,1-3,6-7H2. The smallest absolute Gasteiger partial charge is 0.0993 e. The lowest BCUT2D eigenvalue weighted by atomic mass is 9.87. The predicted molar refractivity (Wildman–Crippen MR) is 64.1 cm³/mol. The summed E-state index contributed by atoms with van der Waals surface area (Å²) in [6.07, 6.45) is 7.46. The van der Waals surface area contributed by atoms with Crippen LogP contribution in [0.15, 0.2) is 24.3 Å². The van der Waals surface area contributed by atoms with E-state index in [0.717, 1.165) is 5.92 Å². The molecule has 2 heteroatoms. The normalized spacial score (nSPS) is 21.9. The summed E-state index contributed by atoms with van der Waals surface area (Å²) in [4.78, 5) is 0. The summed E-state index contributed by atoms with van der Waals surface area (Å²) in [6.45, 7) is 0. The van der Waals surface area contributed by atoms with Gasteiger partial charge in [-0.05, 0) is 30.9 Å². The van der Waals surface area contributed by atoms with E-state index in [0.29, 0.717) is 6.17 Å². The first-order valence-electron chi connectivity index (χ1n) is 6.05. The van der Waals surface area contributed by atoms with Gasteiger partial charge in [0.2, 0.25) is 0 Å². The number of rotatable bonds is 1. The van der Waals surface area contributed by atoms with Crippen molar-refractivity contribution in [2.24, 2.45) is 5.92 Å². The van der Waals surface area contributed by atoms with Gasteiger partial charge in [-0.1, -0.05) is 31.4 Å². The van der Waals surface area contributed by atoms with Gasteiger partial charge in [-0.3, -0.25) is 0 Å². The first-order chi connectivity index (χ1) is 7.43. The van der Waals surface area contributed by atoms with Crippen LogP contribution in [0.3, 0.4) is 0 Å². The molecule has 0 saturated heterocycles. The van der Waals surface area contributed by atoms with E-state index in [-0.39, 0.29) is 0 Å². The number of para-hydroxylation sites is 2. The van der Waals surface area contributed by atoms with E-state index in [4.69, 9.17) is 0 Å². The van der Waals surface area contributed by atoms with Crippen LogP contribution < -0.4 is 10.6 Å². The van der Waals surface area contributed by atoms with Gasteiger partial charge in [0.1, 0.15) is 0 Å². The second-order valence-corrected chi connectivity index (χ2v) is 4.71. The Morgan fingerprint density at radius 3 is 2.07 bits per heavy atom. The maximum atomic E-state index is 3.59. The van der Waals surface area contributed by atoms with E-state index < -0.39 is 0 Å². The van der Waals surface area contributed by atoms with Gasteiger partial charge in [0.25, 0.3) is 0 Å². The highest BCUT2D eigenvalue weighted by molar-refractivity contribution is 5.74. The molecule has 0 amide bonds. The van der Waals surface area contributed by atoms with Crippen LogP contribution in [0.4, 0.5) is 11.4 Å². The molecule has 1 aromatic rings. The quantitative estimate of drug-likeness (QED) is 0.729. The van der Waals surface area contributed by atoms with Crippen molar-refractivity contribution in [3.05, 3.63) is 24.3 Å². The molecule has 0 aromatic heterocycles. The average molecular weight is 202 g/mol. The average Bonchev–Trinajstić information content (AvgIpc) is 2.74. The highest BCUT2D eigenvalue weighted by Gasteiger charge is 2.27. The topological polar surface area (TPSA) is 24.1 Å². The molecule has 1 aromatic carbocycles. The molecule has 1 aliphatic carbocycles. The Labute approximate surface area is 91.1 Å². The van der Waals surface area contributed by atoms with Gasteiger partial charge in [0.15, 0.2) is 0 Å². The summed E-state index contributed by atoms with van der Waals surface area (Å²) >= 11 is 0.